The molecule has 3 heteroatoms. The molecule has 2 rings (SSSR count). The van der Waals surface area contributed by atoms with E-state index in [0.717, 1.165) is 10.9 Å². The molecule has 66 valence electrons. The molecule has 0 radical (unpaired) electrons. The van der Waals surface area contributed by atoms with Gasteiger partial charge in [0, 0.05) is 0 Å². The van der Waals surface area contributed by atoms with Gasteiger partial charge in [0.15, 0.2) is 0 Å². The van der Waals surface area contributed by atoms with Crippen LogP contribution >= 0.6 is 0 Å². The summed E-state index contributed by atoms with van der Waals surface area (Å²) >= 11 is -1.76. The molecule has 1 nitrogen and oxygen atoms in total. The van der Waals surface area contributed by atoms with Crippen LogP contribution in [0.2, 0.25) is 4.68 Å². The summed E-state index contributed by atoms with van der Waals surface area (Å²) in [6, 6.07) is 3.51. The molecule has 0 unspecified atom stereocenters. The van der Waals surface area contributed by atoms with Crippen molar-refractivity contribution < 1.29 is 4.39 Å². The minimum atomic E-state index is -1.76. The van der Waals surface area contributed by atoms with Gasteiger partial charge >= 0.3 is 85.0 Å². The van der Waals surface area contributed by atoms with Crippen LogP contribution in [0.5, 0.6) is 0 Å². The van der Waals surface area contributed by atoms with Crippen LogP contribution in [0.1, 0.15) is 12.5 Å². The third-order valence-electron chi connectivity index (χ3n) is 2.66. The van der Waals surface area contributed by atoms with E-state index >= 15 is 0 Å². The molecule has 0 spiro atoms. The van der Waals surface area contributed by atoms with E-state index in [1.54, 1.807) is 13.0 Å². The topological polar surface area (TPSA) is 12.4 Å². The molecule has 1 aliphatic heterocycles. The molecular weight excluding hydrogens is 268 g/mol. The molecule has 1 aromatic rings. The van der Waals surface area contributed by atoms with Crippen molar-refractivity contribution in [2.45, 2.75) is 18.5 Å². The van der Waals surface area contributed by atoms with Crippen LogP contribution < -0.4 is 10.6 Å². The molecule has 0 fully saturated rings. The molecule has 0 saturated carbocycles. The summed E-state index contributed by atoms with van der Waals surface area (Å²) in [7, 11) is 0. The Kier molecular flexibility index (Phi) is 2.22. The number of hydrogen-bond donors (Lipinski definition) is 0. The number of nitrogens with zero attached hydrogens (tertiary/aromatic N) is 1. The zero-order chi connectivity index (χ0) is 9.59. The maximum atomic E-state index is 13.2. The first kappa shape index (κ1) is 9.25. The summed E-state index contributed by atoms with van der Waals surface area (Å²) in [5, 5.41) is 2.09. The van der Waals surface area contributed by atoms with Gasteiger partial charge in [0.1, 0.15) is 0 Å². The van der Waals surface area contributed by atoms with E-state index in [1.807, 2.05) is 6.07 Å². The second-order valence-corrected chi connectivity index (χ2v) is 10.7. The maximum absolute atomic E-state index is 13.2. The van der Waals surface area contributed by atoms with Crippen LogP contribution in [0.3, 0.4) is 0 Å². The van der Waals surface area contributed by atoms with Crippen LogP contribution in [0.4, 0.5) is 4.39 Å². The molecule has 0 bridgehead atoms. The fraction of sp³-hybridized carbons (Fsp3) is 0.300. The Morgan fingerprint density at radius 1 is 1.31 bits per heavy atom. The van der Waals surface area contributed by atoms with Gasteiger partial charge in [-0.3, -0.25) is 0 Å². The predicted molar refractivity (Wildman–Crippen MR) is 52.6 cm³/mol. The summed E-state index contributed by atoms with van der Waals surface area (Å²) < 4.78 is 21.4. The average Bonchev–Trinajstić information content (AvgIpc) is 2.32. The van der Waals surface area contributed by atoms with Gasteiger partial charge in [0.25, 0.3) is 0 Å². The van der Waals surface area contributed by atoms with Crippen molar-refractivity contribution in [1.82, 2.24) is 0 Å². The monoisotopic (exact) mass is 279 g/mol. The van der Waals surface area contributed by atoms with Gasteiger partial charge in [0.05, 0.1) is 0 Å². The summed E-state index contributed by atoms with van der Waals surface area (Å²) in [5.41, 5.74) is 0.730. The Labute approximate surface area is 84.9 Å². The Morgan fingerprint density at radius 2 is 2.00 bits per heavy atom. The Bertz CT molecular complexity index is 478. The zero-order valence-corrected chi connectivity index (χ0v) is 11.4. The SMILES string of the molecule is C[C]1=c2cc(C)c(F)cc2=[N][In]1[CH3]. The Morgan fingerprint density at radius 3 is 2.69 bits per heavy atom. The van der Waals surface area contributed by atoms with Crippen LogP contribution in [-0.2, 0) is 0 Å². The second-order valence-electron chi connectivity index (χ2n) is 3.61. The number of fused-ring (bicyclic) bond motifs is 1. The second kappa shape index (κ2) is 3.12. The first-order valence-corrected chi connectivity index (χ1v) is 10.9. The van der Waals surface area contributed by atoms with Crippen LogP contribution in [0, 0.1) is 12.7 Å². The summed E-state index contributed by atoms with van der Waals surface area (Å²) in [6.45, 7) is 3.95. The van der Waals surface area contributed by atoms with E-state index in [4.69, 9.17) is 0 Å². The minimum absolute atomic E-state index is 0.129. The number of aryl methyl sites for hydroxylation is 1. The molecule has 0 aliphatic carbocycles. The van der Waals surface area contributed by atoms with E-state index in [1.165, 1.54) is 8.55 Å². The third-order valence-corrected chi connectivity index (χ3v) is 9.03. The van der Waals surface area contributed by atoms with Gasteiger partial charge in [0.2, 0.25) is 0 Å². The van der Waals surface area contributed by atoms with Gasteiger partial charge in [-0.25, -0.2) is 0 Å². The van der Waals surface area contributed by atoms with Gasteiger partial charge in [-0.15, -0.1) is 0 Å². The standard InChI is InChI=1S/C9H8FN.CH3.In/c1-3-7-4-6(2)8(10)5-9(7)11;;/h4-5H,1-2H3;1H3;/q-1;;+1. The van der Waals surface area contributed by atoms with E-state index in [9.17, 15) is 4.39 Å². The number of halogens is 1. The van der Waals surface area contributed by atoms with Crippen LogP contribution in [-0.4, -0.2) is 21.7 Å². The first-order valence-electron chi connectivity index (χ1n) is 4.44. The molecule has 0 atom stereocenters. The third kappa shape index (κ3) is 1.43. The zero-order valence-electron chi connectivity index (χ0n) is 8.06. The van der Waals surface area contributed by atoms with Crippen molar-refractivity contribution in [2.24, 2.45) is 2.98 Å². The fourth-order valence-corrected chi connectivity index (χ4v) is 5.92. The van der Waals surface area contributed by atoms with Gasteiger partial charge in [-0.1, -0.05) is 0 Å². The van der Waals surface area contributed by atoms with Crippen molar-refractivity contribution >= 4 is 25.1 Å². The molecule has 0 aromatic heterocycles. The van der Waals surface area contributed by atoms with E-state index in [0.29, 0.717) is 0 Å². The fourth-order valence-electron chi connectivity index (χ4n) is 1.62. The summed E-state index contributed by atoms with van der Waals surface area (Å²) in [6.07, 6.45) is 0. The van der Waals surface area contributed by atoms with Gasteiger partial charge in [-0.05, 0) is 0 Å². The number of hydrogen-bond acceptors (Lipinski definition) is 1. The molecular formula is C10H11FInN. The molecule has 1 heterocycles. The molecule has 13 heavy (non-hydrogen) atoms. The van der Waals surface area contributed by atoms with Gasteiger partial charge < -0.3 is 0 Å². The Hall–Kier alpha value is -0.310. The van der Waals surface area contributed by atoms with Gasteiger partial charge in [-0.2, -0.15) is 0 Å². The van der Waals surface area contributed by atoms with E-state index in [2.05, 4.69) is 14.6 Å². The number of benzene rings is 1. The van der Waals surface area contributed by atoms with Crippen molar-refractivity contribution in [3.63, 3.8) is 0 Å². The van der Waals surface area contributed by atoms with Crippen molar-refractivity contribution in [1.29, 1.82) is 0 Å². The number of rotatable bonds is 0. The van der Waals surface area contributed by atoms with Crippen molar-refractivity contribution in [2.75, 3.05) is 0 Å². The van der Waals surface area contributed by atoms with Crippen molar-refractivity contribution in [3.8, 4) is 0 Å². The molecule has 1 aliphatic rings. The molecule has 0 amide bonds. The van der Waals surface area contributed by atoms with E-state index in [-0.39, 0.29) is 5.82 Å². The molecule has 0 saturated heterocycles. The van der Waals surface area contributed by atoms with E-state index < -0.39 is 21.7 Å². The first-order chi connectivity index (χ1) is 6.09. The Balaban J connectivity index is 2.87. The molecule has 0 N–H and O–H groups in total. The summed E-state index contributed by atoms with van der Waals surface area (Å²) in [4.78, 5) is 0. The van der Waals surface area contributed by atoms with Crippen molar-refractivity contribution in [3.05, 3.63) is 34.1 Å². The molecule has 1 aromatic carbocycles. The van der Waals surface area contributed by atoms with Crippen LogP contribution in [0.25, 0.3) is 3.33 Å². The summed E-state index contributed by atoms with van der Waals surface area (Å²) in [5.74, 6) is -0.129. The average molecular weight is 279 g/mol. The van der Waals surface area contributed by atoms with Crippen LogP contribution in [0.15, 0.2) is 15.1 Å². The normalized spacial score (nSPS) is 14.5. The predicted octanol–water partition coefficient (Wildman–Crippen LogP) is 1.10. The quantitative estimate of drug-likeness (QED) is 0.674.